The Morgan fingerprint density at radius 2 is 1.18 bits per heavy atom. The fraction of sp³-hybridized carbons (Fsp3) is 0. The highest BCUT2D eigenvalue weighted by Gasteiger charge is 2.21. The van der Waals surface area contributed by atoms with Gasteiger partial charge in [0.2, 0.25) is 0 Å². The first-order chi connectivity index (χ1) is 31.1. The standard InChI is InChI=1S/C48H31NO/c1-4-18-39-32(11-1)14-8-21-41(39)35-25-28-37(29-26-35)49(38-17-7-16-36(31-38)42-22-9-15-33-12-2-5-19-40(33)42)45-23-10-24-46-47(45)44-30-27-34-13-3-6-20-43(34)48(44)50-46/h1-31H/i1D,4D,7D,8D,11D,14D,16D,17D,18D,21D,25D,26D,28D,29D,31D. The summed E-state index contributed by atoms with van der Waals surface area (Å²) in [6.07, 6.45) is 0. The van der Waals surface area contributed by atoms with E-state index in [4.69, 9.17) is 14.0 Å². The van der Waals surface area contributed by atoms with Gasteiger partial charge in [-0.3, -0.25) is 0 Å². The van der Waals surface area contributed by atoms with Crippen LogP contribution >= 0.6 is 0 Å². The van der Waals surface area contributed by atoms with Gasteiger partial charge in [0.15, 0.2) is 0 Å². The third-order valence-electron chi connectivity index (χ3n) is 8.90. The maximum Gasteiger partial charge on any atom is 0.143 e. The molecule has 0 bridgehead atoms. The number of nitrogens with zero attached hydrogens (tertiary/aromatic N) is 1. The lowest BCUT2D eigenvalue weighted by atomic mass is 9.97. The molecule has 2 nitrogen and oxygen atoms in total. The van der Waals surface area contributed by atoms with Gasteiger partial charge in [-0.25, -0.2) is 0 Å². The van der Waals surface area contributed by atoms with Crippen LogP contribution in [0.1, 0.15) is 20.6 Å². The summed E-state index contributed by atoms with van der Waals surface area (Å²) in [6.45, 7) is 0. The van der Waals surface area contributed by atoms with E-state index < -0.39 is 118 Å². The van der Waals surface area contributed by atoms with Crippen molar-refractivity contribution in [3.05, 3.63) is 188 Å². The van der Waals surface area contributed by atoms with E-state index in [1.54, 1.807) is 36.4 Å². The second kappa shape index (κ2) is 11.5. The molecule has 1 aromatic heterocycles. The third kappa shape index (κ3) is 4.57. The zero-order chi connectivity index (χ0) is 46.1. The topological polar surface area (TPSA) is 16.4 Å². The maximum atomic E-state index is 9.94. The molecule has 0 aliphatic heterocycles. The third-order valence-corrected chi connectivity index (χ3v) is 8.90. The molecule has 0 amide bonds. The molecule has 0 saturated heterocycles. The average Bonchev–Trinajstić information content (AvgIpc) is 3.71. The normalized spacial score (nSPS) is 15.8. The van der Waals surface area contributed by atoms with Crippen molar-refractivity contribution >= 4 is 71.3 Å². The van der Waals surface area contributed by atoms with Crippen molar-refractivity contribution in [1.29, 1.82) is 0 Å². The maximum absolute atomic E-state index is 9.94. The highest BCUT2D eigenvalue weighted by Crippen LogP contribution is 2.45. The second-order valence-corrected chi connectivity index (χ2v) is 11.7. The summed E-state index contributed by atoms with van der Waals surface area (Å²) < 4.78 is 143. The smallest absolute Gasteiger partial charge is 0.143 e. The van der Waals surface area contributed by atoms with Gasteiger partial charge in [-0.15, -0.1) is 0 Å². The summed E-state index contributed by atoms with van der Waals surface area (Å²) >= 11 is 0. The summed E-state index contributed by atoms with van der Waals surface area (Å²) in [5, 5.41) is 3.18. The summed E-state index contributed by atoms with van der Waals surface area (Å²) in [4.78, 5) is 1.21. The quantitative estimate of drug-likeness (QED) is 0.184. The number of fused-ring (bicyclic) bond motifs is 7. The van der Waals surface area contributed by atoms with E-state index in [1.807, 2.05) is 60.7 Å². The first kappa shape index (κ1) is 17.1. The van der Waals surface area contributed by atoms with Crippen molar-refractivity contribution in [2.45, 2.75) is 0 Å². The van der Waals surface area contributed by atoms with Crippen molar-refractivity contribution < 1.29 is 25.0 Å². The second-order valence-electron chi connectivity index (χ2n) is 11.7. The number of hydrogen-bond donors (Lipinski definition) is 0. The molecule has 0 spiro atoms. The Hall–Kier alpha value is -6.64. The van der Waals surface area contributed by atoms with E-state index in [0.717, 1.165) is 16.2 Å². The molecule has 0 aliphatic rings. The van der Waals surface area contributed by atoms with Crippen LogP contribution in [0.25, 0.3) is 76.5 Å². The number of anilines is 3. The molecule has 0 saturated carbocycles. The Bertz CT molecular complexity index is 3710. The lowest BCUT2D eigenvalue weighted by Gasteiger charge is -2.27. The molecule has 9 aromatic carbocycles. The largest absolute Gasteiger partial charge is 0.455 e. The monoisotopic (exact) mass is 652 g/mol. The Morgan fingerprint density at radius 3 is 2.08 bits per heavy atom. The van der Waals surface area contributed by atoms with Crippen LogP contribution in [-0.4, -0.2) is 0 Å². The van der Waals surface area contributed by atoms with Crippen LogP contribution in [-0.2, 0) is 0 Å². The molecule has 0 fully saturated rings. The molecule has 2 heteroatoms. The van der Waals surface area contributed by atoms with Gasteiger partial charge in [0.05, 0.1) is 31.6 Å². The van der Waals surface area contributed by atoms with Crippen LogP contribution in [0.15, 0.2) is 192 Å². The average molecular weight is 653 g/mol. The summed E-state index contributed by atoms with van der Waals surface area (Å²) in [7, 11) is 0. The Balaban J connectivity index is 1.37. The lowest BCUT2D eigenvalue weighted by molar-refractivity contribution is 0.672. The Kier molecular flexibility index (Phi) is 3.95. The van der Waals surface area contributed by atoms with E-state index >= 15 is 0 Å². The SMILES string of the molecule is [2H]c1c([2H])c(-c2cccc3ccccc23)c([2H])c(N(c2c([2H])c([2H])c(-c3c([2H])c([2H])c([2H])c4c([2H])c([2H])c([2H])c([2H])c34)c([2H])c2[2H])c2cccc3oc4c5ccccc5ccc4c23)c1[2H]. The molecule has 0 radical (unpaired) electrons. The minimum Gasteiger partial charge on any atom is -0.455 e. The molecule has 0 aliphatic carbocycles. The molecule has 0 atom stereocenters. The molecule has 234 valence electrons. The zero-order valence-corrected chi connectivity index (χ0v) is 26.1. The fourth-order valence-corrected chi connectivity index (χ4v) is 6.64. The Labute approximate surface area is 311 Å². The van der Waals surface area contributed by atoms with Crippen molar-refractivity contribution in [3.63, 3.8) is 0 Å². The van der Waals surface area contributed by atoms with Gasteiger partial charge in [-0.05, 0) is 91.6 Å². The van der Waals surface area contributed by atoms with Gasteiger partial charge in [-0.1, -0.05) is 145 Å². The molecule has 50 heavy (non-hydrogen) atoms. The van der Waals surface area contributed by atoms with Crippen molar-refractivity contribution in [2.24, 2.45) is 0 Å². The van der Waals surface area contributed by atoms with Gasteiger partial charge in [0.1, 0.15) is 11.2 Å². The van der Waals surface area contributed by atoms with Crippen molar-refractivity contribution in [2.75, 3.05) is 4.90 Å². The molecular weight excluding hydrogens is 607 g/mol. The minimum absolute atomic E-state index is 0.0252. The molecule has 1 heterocycles. The van der Waals surface area contributed by atoms with Crippen LogP contribution in [0.4, 0.5) is 17.1 Å². The van der Waals surface area contributed by atoms with E-state index in [-0.39, 0.29) is 16.9 Å². The number of rotatable bonds is 5. The number of hydrogen-bond acceptors (Lipinski definition) is 2. The molecule has 10 rings (SSSR count). The van der Waals surface area contributed by atoms with Crippen LogP contribution < -0.4 is 4.90 Å². The summed E-state index contributed by atoms with van der Waals surface area (Å²) in [5.41, 5.74) is -0.585. The van der Waals surface area contributed by atoms with E-state index in [0.29, 0.717) is 32.9 Å². The van der Waals surface area contributed by atoms with Gasteiger partial charge in [0.25, 0.3) is 0 Å². The zero-order valence-electron chi connectivity index (χ0n) is 41.1. The molecular formula is C48H31NO. The van der Waals surface area contributed by atoms with Crippen molar-refractivity contribution in [3.8, 4) is 22.3 Å². The molecule has 0 N–H and O–H groups in total. The summed E-state index contributed by atoms with van der Waals surface area (Å²) in [6, 6.07) is 18.6. The van der Waals surface area contributed by atoms with Crippen molar-refractivity contribution in [1.82, 2.24) is 0 Å². The van der Waals surface area contributed by atoms with Gasteiger partial charge in [-0.2, -0.15) is 0 Å². The lowest BCUT2D eigenvalue weighted by Crippen LogP contribution is -2.10. The van der Waals surface area contributed by atoms with Gasteiger partial charge < -0.3 is 9.32 Å². The highest BCUT2D eigenvalue weighted by atomic mass is 16.3. The summed E-state index contributed by atoms with van der Waals surface area (Å²) in [5.74, 6) is 0. The predicted molar refractivity (Wildman–Crippen MR) is 212 cm³/mol. The molecule has 0 unspecified atom stereocenters. The van der Waals surface area contributed by atoms with Gasteiger partial charge >= 0.3 is 0 Å². The first-order valence-corrected chi connectivity index (χ1v) is 15.9. The first-order valence-electron chi connectivity index (χ1n) is 23.4. The van der Waals surface area contributed by atoms with Crippen LogP contribution in [0.2, 0.25) is 0 Å². The minimum atomic E-state index is -0.795. The van der Waals surface area contributed by atoms with E-state index in [1.165, 1.54) is 4.90 Å². The highest BCUT2D eigenvalue weighted by molar-refractivity contribution is 6.19. The van der Waals surface area contributed by atoms with Gasteiger partial charge in [0, 0.05) is 22.1 Å². The predicted octanol–water partition coefficient (Wildman–Crippen LogP) is 13.8. The van der Waals surface area contributed by atoms with Crippen LogP contribution in [0.5, 0.6) is 0 Å². The number of furan rings is 1. The molecule has 10 aromatic rings. The van der Waals surface area contributed by atoms with E-state index in [2.05, 4.69) is 0 Å². The number of benzene rings is 9. The van der Waals surface area contributed by atoms with E-state index in [9.17, 15) is 11.0 Å². The Morgan fingerprint density at radius 1 is 0.440 bits per heavy atom. The van der Waals surface area contributed by atoms with Crippen LogP contribution in [0, 0.1) is 0 Å². The fourth-order valence-electron chi connectivity index (χ4n) is 6.64. The van der Waals surface area contributed by atoms with Crippen LogP contribution in [0.3, 0.4) is 0 Å².